The number of piperidine rings is 1. The van der Waals surface area contributed by atoms with Crippen LogP contribution < -0.4 is 5.32 Å². The van der Waals surface area contributed by atoms with Gasteiger partial charge in [0.25, 0.3) is 0 Å². The highest BCUT2D eigenvalue weighted by molar-refractivity contribution is 8.00. The van der Waals surface area contributed by atoms with E-state index in [4.69, 9.17) is 0 Å². The van der Waals surface area contributed by atoms with Crippen LogP contribution in [0.4, 0.5) is 0 Å². The Morgan fingerprint density at radius 3 is 3.05 bits per heavy atom. The van der Waals surface area contributed by atoms with Crippen molar-refractivity contribution in [3.05, 3.63) is 29.8 Å². The van der Waals surface area contributed by atoms with E-state index >= 15 is 0 Å². The molecule has 1 aromatic carbocycles. The Kier molecular flexibility index (Phi) is 7.22. The number of hydrogen-bond donors (Lipinski definition) is 2. The van der Waals surface area contributed by atoms with Crippen LogP contribution in [0.15, 0.2) is 29.2 Å². The minimum Gasteiger partial charge on any atom is -0.396 e. The number of carbonyl (C=O) groups is 1. The molecule has 4 nitrogen and oxygen atoms in total. The summed E-state index contributed by atoms with van der Waals surface area (Å²) < 4.78 is 0. The fourth-order valence-corrected chi connectivity index (χ4v) is 3.63. The van der Waals surface area contributed by atoms with Crippen molar-refractivity contribution >= 4 is 17.7 Å². The predicted octanol–water partition coefficient (Wildman–Crippen LogP) is 1.91. The zero-order chi connectivity index (χ0) is 15.8. The second-order valence-electron chi connectivity index (χ2n) is 5.90. The third kappa shape index (κ3) is 5.63. The highest BCUT2D eigenvalue weighted by Gasteiger charge is 2.18. The molecule has 2 N–H and O–H groups in total. The average molecular weight is 322 g/mol. The number of rotatable bonds is 7. The summed E-state index contributed by atoms with van der Waals surface area (Å²) >= 11 is 1.59. The van der Waals surface area contributed by atoms with Crippen LogP contribution in [0.2, 0.25) is 0 Å². The highest BCUT2D eigenvalue weighted by atomic mass is 32.2. The Labute approximate surface area is 137 Å². The SMILES string of the molecule is Cc1ccccc1SCC(=O)NCCN1CCC[C@@H](CO)C1. The number of nitrogens with one attached hydrogen (secondary N) is 1. The third-order valence-electron chi connectivity index (χ3n) is 4.06. The number of benzene rings is 1. The van der Waals surface area contributed by atoms with Gasteiger partial charge in [-0.15, -0.1) is 11.8 Å². The smallest absolute Gasteiger partial charge is 0.230 e. The summed E-state index contributed by atoms with van der Waals surface area (Å²) in [6, 6.07) is 8.13. The zero-order valence-electron chi connectivity index (χ0n) is 13.3. The van der Waals surface area contributed by atoms with Gasteiger partial charge in [-0.25, -0.2) is 0 Å². The summed E-state index contributed by atoms with van der Waals surface area (Å²) in [5, 5.41) is 12.2. The lowest BCUT2D eigenvalue weighted by atomic mass is 9.99. The summed E-state index contributed by atoms with van der Waals surface area (Å²) in [5.41, 5.74) is 1.21. The first kappa shape index (κ1) is 17.3. The van der Waals surface area contributed by atoms with Crippen LogP contribution in [0.25, 0.3) is 0 Å². The number of amides is 1. The molecule has 1 heterocycles. The Bertz CT molecular complexity index is 481. The molecule has 1 amide bonds. The molecule has 0 aliphatic carbocycles. The molecule has 22 heavy (non-hydrogen) atoms. The van der Waals surface area contributed by atoms with Crippen LogP contribution >= 0.6 is 11.8 Å². The van der Waals surface area contributed by atoms with Gasteiger partial charge in [0.05, 0.1) is 5.75 Å². The second-order valence-corrected chi connectivity index (χ2v) is 6.91. The second kappa shape index (κ2) is 9.18. The molecule has 0 bridgehead atoms. The lowest BCUT2D eigenvalue weighted by molar-refractivity contribution is -0.118. The fraction of sp³-hybridized carbons (Fsp3) is 0.588. The lowest BCUT2D eigenvalue weighted by Crippen LogP contribution is -2.41. The number of carbonyl (C=O) groups excluding carboxylic acids is 1. The van der Waals surface area contributed by atoms with Gasteiger partial charge in [-0.1, -0.05) is 18.2 Å². The number of thioether (sulfide) groups is 1. The lowest BCUT2D eigenvalue weighted by Gasteiger charge is -2.31. The first-order chi connectivity index (χ1) is 10.7. The summed E-state index contributed by atoms with van der Waals surface area (Å²) in [6.45, 7) is 5.92. The van der Waals surface area contributed by atoms with E-state index in [-0.39, 0.29) is 12.5 Å². The monoisotopic (exact) mass is 322 g/mol. The normalized spacial score (nSPS) is 19.1. The van der Waals surface area contributed by atoms with Crippen LogP contribution in [0.1, 0.15) is 18.4 Å². The van der Waals surface area contributed by atoms with E-state index in [0.29, 0.717) is 18.2 Å². The Morgan fingerprint density at radius 2 is 2.27 bits per heavy atom. The van der Waals surface area contributed by atoms with Crippen LogP contribution in [-0.2, 0) is 4.79 Å². The van der Waals surface area contributed by atoms with E-state index in [1.54, 1.807) is 11.8 Å². The van der Waals surface area contributed by atoms with Crippen molar-refractivity contribution in [3.8, 4) is 0 Å². The first-order valence-corrected chi connectivity index (χ1v) is 8.96. The molecule has 1 aliphatic heterocycles. The van der Waals surface area contributed by atoms with Gasteiger partial charge in [0.2, 0.25) is 5.91 Å². The van der Waals surface area contributed by atoms with E-state index in [9.17, 15) is 9.90 Å². The van der Waals surface area contributed by atoms with Gasteiger partial charge < -0.3 is 15.3 Å². The van der Waals surface area contributed by atoms with Gasteiger partial charge in [0, 0.05) is 31.1 Å². The van der Waals surface area contributed by atoms with E-state index in [0.717, 1.165) is 32.5 Å². The Hall–Kier alpha value is -1.04. The van der Waals surface area contributed by atoms with Crippen molar-refractivity contribution in [2.24, 2.45) is 5.92 Å². The Balaban J connectivity index is 1.63. The molecular formula is C17H26N2O2S. The van der Waals surface area contributed by atoms with E-state index in [1.807, 2.05) is 12.1 Å². The molecular weight excluding hydrogens is 296 g/mol. The minimum absolute atomic E-state index is 0.0870. The summed E-state index contributed by atoms with van der Waals surface area (Å²) in [4.78, 5) is 15.4. The van der Waals surface area contributed by atoms with Crippen LogP contribution in [-0.4, -0.2) is 54.5 Å². The quantitative estimate of drug-likeness (QED) is 0.753. The maximum atomic E-state index is 11.9. The number of likely N-dealkylation sites (tertiary alicyclic amines) is 1. The van der Waals surface area contributed by atoms with E-state index < -0.39 is 0 Å². The van der Waals surface area contributed by atoms with Gasteiger partial charge in [-0.2, -0.15) is 0 Å². The standard InChI is InChI=1S/C17H26N2O2S/c1-14-5-2-3-7-16(14)22-13-17(21)18-8-10-19-9-4-6-15(11-19)12-20/h2-3,5,7,15,20H,4,6,8-13H2,1H3,(H,18,21)/t15-/m1/s1. The zero-order valence-corrected chi connectivity index (χ0v) is 14.1. The Morgan fingerprint density at radius 1 is 1.45 bits per heavy atom. The molecule has 1 saturated heterocycles. The summed E-state index contributed by atoms with van der Waals surface area (Å²) in [6.07, 6.45) is 2.26. The van der Waals surface area contributed by atoms with Gasteiger partial charge in [0.15, 0.2) is 0 Å². The molecule has 1 aromatic rings. The molecule has 122 valence electrons. The van der Waals surface area contributed by atoms with Crippen molar-refractivity contribution in [1.29, 1.82) is 0 Å². The third-order valence-corrected chi connectivity index (χ3v) is 5.24. The topological polar surface area (TPSA) is 52.6 Å². The maximum absolute atomic E-state index is 11.9. The molecule has 1 fully saturated rings. The molecule has 0 unspecified atom stereocenters. The van der Waals surface area contributed by atoms with Gasteiger partial charge in [-0.3, -0.25) is 4.79 Å². The summed E-state index contributed by atoms with van der Waals surface area (Å²) in [5.74, 6) is 0.953. The molecule has 0 spiro atoms. The molecule has 0 saturated carbocycles. The highest BCUT2D eigenvalue weighted by Crippen LogP contribution is 2.21. The number of aliphatic hydroxyl groups is 1. The average Bonchev–Trinajstić information content (AvgIpc) is 2.54. The van der Waals surface area contributed by atoms with Crippen LogP contribution in [0.5, 0.6) is 0 Å². The number of aryl methyl sites for hydroxylation is 1. The van der Waals surface area contributed by atoms with E-state index in [2.05, 4.69) is 29.3 Å². The molecule has 1 aliphatic rings. The number of aliphatic hydroxyl groups excluding tert-OH is 1. The molecule has 1 atom stereocenters. The van der Waals surface area contributed by atoms with Crippen molar-refractivity contribution in [2.75, 3.05) is 38.5 Å². The first-order valence-electron chi connectivity index (χ1n) is 7.97. The maximum Gasteiger partial charge on any atom is 0.230 e. The van der Waals surface area contributed by atoms with Gasteiger partial charge >= 0.3 is 0 Å². The van der Waals surface area contributed by atoms with Crippen LogP contribution in [0.3, 0.4) is 0 Å². The largest absolute Gasteiger partial charge is 0.396 e. The van der Waals surface area contributed by atoms with Crippen molar-refractivity contribution in [2.45, 2.75) is 24.7 Å². The van der Waals surface area contributed by atoms with Gasteiger partial charge in [-0.05, 0) is 43.9 Å². The summed E-state index contributed by atoms with van der Waals surface area (Å²) in [7, 11) is 0. The molecule has 0 radical (unpaired) electrons. The van der Waals surface area contributed by atoms with Crippen molar-refractivity contribution in [3.63, 3.8) is 0 Å². The molecule has 2 rings (SSSR count). The molecule has 0 aromatic heterocycles. The van der Waals surface area contributed by atoms with Crippen molar-refractivity contribution < 1.29 is 9.90 Å². The minimum atomic E-state index is 0.0870. The van der Waals surface area contributed by atoms with E-state index in [1.165, 1.54) is 10.5 Å². The predicted molar refractivity (Wildman–Crippen MR) is 91.2 cm³/mol. The fourth-order valence-electron chi connectivity index (χ4n) is 2.77. The van der Waals surface area contributed by atoms with Crippen LogP contribution in [0, 0.1) is 12.8 Å². The van der Waals surface area contributed by atoms with Crippen molar-refractivity contribution in [1.82, 2.24) is 10.2 Å². The van der Waals surface area contributed by atoms with Gasteiger partial charge in [0.1, 0.15) is 0 Å². The molecule has 5 heteroatoms. The number of nitrogens with zero attached hydrogens (tertiary/aromatic N) is 1. The number of hydrogen-bond acceptors (Lipinski definition) is 4.